The summed E-state index contributed by atoms with van der Waals surface area (Å²) in [6, 6.07) is 0. The van der Waals surface area contributed by atoms with Gasteiger partial charge in [0.25, 0.3) is 0 Å². The lowest BCUT2D eigenvalue weighted by atomic mass is 10.3. The van der Waals surface area contributed by atoms with Crippen molar-refractivity contribution in [1.29, 1.82) is 0 Å². The molecule has 0 aromatic rings. The Balaban J connectivity index is 3.86. The molecule has 0 radical (unpaired) electrons. The summed E-state index contributed by atoms with van der Waals surface area (Å²) in [7, 11) is 0. The first-order valence-corrected chi connectivity index (χ1v) is 3.61. The van der Waals surface area contributed by atoms with Crippen molar-refractivity contribution >= 4 is 18.6 Å². The van der Waals surface area contributed by atoms with Gasteiger partial charge < -0.3 is 4.74 Å². The van der Waals surface area contributed by atoms with Gasteiger partial charge in [0, 0.05) is 5.57 Å². The zero-order valence-electron chi connectivity index (χ0n) is 6.42. The van der Waals surface area contributed by atoms with Crippen LogP contribution in [0.2, 0.25) is 0 Å². The van der Waals surface area contributed by atoms with Gasteiger partial charge in [0.2, 0.25) is 0 Å². The van der Waals surface area contributed by atoms with Crippen molar-refractivity contribution < 1.29 is 9.53 Å². The van der Waals surface area contributed by atoms with E-state index in [0.29, 0.717) is 5.57 Å². The van der Waals surface area contributed by atoms with Crippen LogP contribution < -0.4 is 0 Å². The summed E-state index contributed by atoms with van der Waals surface area (Å²) < 4.78 is 4.76. The highest BCUT2D eigenvalue weighted by molar-refractivity contribution is 7.80. The Bertz CT molecular complexity index is 150. The van der Waals surface area contributed by atoms with Crippen LogP contribution in [0.4, 0.5) is 0 Å². The molecule has 0 saturated heterocycles. The summed E-state index contributed by atoms with van der Waals surface area (Å²) in [6.45, 7) is 5.20. The van der Waals surface area contributed by atoms with Gasteiger partial charge in [-0.2, -0.15) is 0 Å². The second-order valence-electron chi connectivity index (χ2n) is 1.98. The number of ether oxygens (including phenoxy) is 1. The van der Waals surface area contributed by atoms with Crippen molar-refractivity contribution in [3.8, 4) is 0 Å². The molecule has 0 aromatic carbocycles. The van der Waals surface area contributed by atoms with Gasteiger partial charge in [0.15, 0.2) is 0 Å². The predicted molar refractivity (Wildman–Crippen MR) is 44.0 cm³/mol. The van der Waals surface area contributed by atoms with Gasteiger partial charge in [-0.3, -0.25) is 0 Å². The van der Waals surface area contributed by atoms with Gasteiger partial charge in [0.05, 0.1) is 0 Å². The van der Waals surface area contributed by atoms with Gasteiger partial charge in [-0.25, -0.2) is 4.79 Å². The zero-order valence-corrected chi connectivity index (χ0v) is 7.31. The summed E-state index contributed by atoms with van der Waals surface area (Å²) >= 11 is 3.90. The van der Waals surface area contributed by atoms with E-state index in [9.17, 15) is 4.79 Å². The SMILES string of the molecule is CC=C(C)C(=O)OC(C)S. The molecule has 58 valence electrons. The molecular weight excluding hydrogens is 148 g/mol. The first-order chi connectivity index (χ1) is 4.57. The summed E-state index contributed by atoms with van der Waals surface area (Å²) in [6.07, 6.45) is 1.71. The minimum Gasteiger partial charge on any atom is -0.449 e. The van der Waals surface area contributed by atoms with Gasteiger partial charge in [-0.1, -0.05) is 6.08 Å². The quantitative estimate of drug-likeness (QED) is 0.288. The van der Waals surface area contributed by atoms with Crippen LogP contribution in [-0.2, 0) is 9.53 Å². The second-order valence-corrected chi connectivity index (χ2v) is 2.70. The van der Waals surface area contributed by atoms with Gasteiger partial charge in [-0.15, -0.1) is 12.6 Å². The largest absolute Gasteiger partial charge is 0.449 e. The molecule has 0 amide bonds. The lowest BCUT2D eigenvalue weighted by molar-refractivity contribution is -0.139. The van der Waals surface area contributed by atoms with Crippen LogP contribution in [0, 0.1) is 0 Å². The van der Waals surface area contributed by atoms with E-state index in [1.165, 1.54) is 0 Å². The molecule has 0 aromatic heterocycles. The number of allylic oxidation sites excluding steroid dienone is 1. The van der Waals surface area contributed by atoms with Crippen LogP contribution >= 0.6 is 12.6 Å². The number of hydrogen-bond donors (Lipinski definition) is 1. The van der Waals surface area contributed by atoms with E-state index in [4.69, 9.17) is 4.74 Å². The van der Waals surface area contributed by atoms with E-state index in [2.05, 4.69) is 12.6 Å². The number of carbonyl (C=O) groups excluding carboxylic acids is 1. The van der Waals surface area contributed by atoms with Crippen molar-refractivity contribution in [2.24, 2.45) is 0 Å². The normalized spacial score (nSPS) is 14.6. The van der Waals surface area contributed by atoms with E-state index in [0.717, 1.165) is 0 Å². The number of hydrogen-bond acceptors (Lipinski definition) is 3. The fourth-order valence-corrected chi connectivity index (χ4v) is 0.461. The highest BCUT2D eigenvalue weighted by Crippen LogP contribution is 2.01. The van der Waals surface area contributed by atoms with Crippen molar-refractivity contribution in [2.45, 2.75) is 26.2 Å². The van der Waals surface area contributed by atoms with Crippen molar-refractivity contribution in [2.75, 3.05) is 0 Å². The minimum atomic E-state index is -0.331. The molecule has 0 aliphatic heterocycles. The van der Waals surface area contributed by atoms with Crippen LogP contribution in [0.5, 0.6) is 0 Å². The van der Waals surface area contributed by atoms with Crippen LogP contribution in [0.1, 0.15) is 20.8 Å². The molecule has 0 bridgehead atoms. The van der Waals surface area contributed by atoms with E-state index in [1.54, 1.807) is 26.8 Å². The van der Waals surface area contributed by atoms with E-state index >= 15 is 0 Å². The molecule has 1 atom stereocenters. The summed E-state index contributed by atoms with van der Waals surface area (Å²) in [5.41, 5.74) is 0.281. The topological polar surface area (TPSA) is 26.3 Å². The first kappa shape index (κ1) is 9.56. The molecule has 0 N–H and O–H groups in total. The molecule has 0 spiro atoms. The number of carbonyl (C=O) groups is 1. The van der Waals surface area contributed by atoms with Gasteiger partial charge in [0.1, 0.15) is 5.44 Å². The molecule has 0 fully saturated rings. The summed E-state index contributed by atoms with van der Waals surface area (Å²) in [4.78, 5) is 10.8. The van der Waals surface area contributed by atoms with Gasteiger partial charge >= 0.3 is 5.97 Å². The Morgan fingerprint density at radius 2 is 2.20 bits per heavy atom. The molecule has 1 unspecified atom stereocenters. The first-order valence-electron chi connectivity index (χ1n) is 3.10. The third-order valence-corrected chi connectivity index (χ3v) is 1.14. The summed E-state index contributed by atoms with van der Waals surface area (Å²) in [5, 5.41) is 0. The Labute approximate surface area is 66.7 Å². The average Bonchev–Trinajstić information content (AvgIpc) is 1.85. The number of rotatable bonds is 2. The van der Waals surface area contributed by atoms with Crippen molar-refractivity contribution in [3.05, 3.63) is 11.6 Å². The molecule has 10 heavy (non-hydrogen) atoms. The third kappa shape index (κ3) is 3.56. The minimum absolute atomic E-state index is 0.301. The fraction of sp³-hybridized carbons (Fsp3) is 0.571. The zero-order chi connectivity index (χ0) is 8.15. The Morgan fingerprint density at radius 1 is 1.70 bits per heavy atom. The van der Waals surface area contributed by atoms with Gasteiger partial charge in [-0.05, 0) is 20.8 Å². The van der Waals surface area contributed by atoms with Crippen molar-refractivity contribution in [3.63, 3.8) is 0 Å². The van der Waals surface area contributed by atoms with E-state index in [1.807, 2.05) is 0 Å². The molecular formula is C7H12O2S. The number of esters is 1. The second kappa shape index (κ2) is 4.39. The lowest BCUT2D eigenvalue weighted by Crippen LogP contribution is -2.10. The molecule has 0 aliphatic carbocycles. The number of thiol groups is 1. The van der Waals surface area contributed by atoms with Crippen molar-refractivity contribution in [1.82, 2.24) is 0 Å². The smallest absolute Gasteiger partial charge is 0.334 e. The fourth-order valence-electron chi connectivity index (χ4n) is 0.366. The van der Waals surface area contributed by atoms with Crippen LogP contribution in [-0.4, -0.2) is 11.4 Å². The highest BCUT2D eigenvalue weighted by atomic mass is 32.1. The van der Waals surface area contributed by atoms with Crippen LogP contribution in [0.3, 0.4) is 0 Å². The predicted octanol–water partition coefficient (Wildman–Crippen LogP) is 1.77. The van der Waals surface area contributed by atoms with Crippen LogP contribution in [0.25, 0.3) is 0 Å². The molecule has 0 rings (SSSR count). The maximum Gasteiger partial charge on any atom is 0.334 e. The maximum atomic E-state index is 10.8. The average molecular weight is 160 g/mol. The Kier molecular flexibility index (Phi) is 4.19. The standard InChI is InChI=1S/C7H12O2S/c1-4-5(2)7(8)9-6(3)10/h4,6,10H,1-3H3. The highest BCUT2D eigenvalue weighted by Gasteiger charge is 2.05. The Hall–Kier alpha value is -0.440. The molecule has 2 nitrogen and oxygen atoms in total. The van der Waals surface area contributed by atoms with E-state index in [-0.39, 0.29) is 11.4 Å². The monoisotopic (exact) mass is 160 g/mol. The molecule has 0 saturated carbocycles. The summed E-state index contributed by atoms with van der Waals surface area (Å²) in [5.74, 6) is -0.301. The molecule has 3 heteroatoms. The van der Waals surface area contributed by atoms with Crippen LogP contribution in [0.15, 0.2) is 11.6 Å². The maximum absolute atomic E-state index is 10.8. The molecule has 0 aliphatic rings. The Morgan fingerprint density at radius 3 is 2.50 bits per heavy atom. The lowest BCUT2D eigenvalue weighted by Gasteiger charge is -2.05. The molecule has 0 heterocycles. The van der Waals surface area contributed by atoms with E-state index < -0.39 is 0 Å². The third-order valence-electron chi connectivity index (χ3n) is 1.03.